The first-order valence-corrected chi connectivity index (χ1v) is 12.4. The van der Waals surface area contributed by atoms with Crippen LogP contribution < -0.4 is 4.74 Å². The minimum atomic E-state index is -3.59. The normalized spacial score (nSPS) is 15.5. The molecule has 0 saturated carbocycles. The standard InChI is InChI=1S/C21H24FN3O4S2/c1-3-25-19-6-5-16(31(26,27)24-8-10-29-11-9-24)13-18(19)23-21(25)30-14-15-4-7-20(28-2)17(22)12-15/h4-7,12-13H,3,8-11,14H2,1-2H3. The van der Waals surface area contributed by atoms with Gasteiger partial charge in [0.05, 0.1) is 36.3 Å². The van der Waals surface area contributed by atoms with Crippen molar-refractivity contribution in [2.24, 2.45) is 0 Å². The number of methoxy groups -OCH3 is 1. The van der Waals surface area contributed by atoms with Gasteiger partial charge in [0.2, 0.25) is 10.0 Å². The second-order valence-corrected chi connectivity index (χ2v) is 9.94. The van der Waals surface area contributed by atoms with E-state index < -0.39 is 15.8 Å². The summed E-state index contributed by atoms with van der Waals surface area (Å²) in [6, 6.07) is 9.95. The summed E-state index contributed by atoms with van der Waals surface area (Å²) in [6.07, 6.45) is 0. The Hall–Kier alpha value is -2.14. The van der Waals surface area contributed by atoms with E-state index in [-0.39, 0.29) is 10.6 Å². The summed E-state index contributed by atoms with van der Waals surface area (Å²) in [6.45, 7) is 4.20. The third-order valence-electron chi connectivity index (χ3n) is 5.19. The minimum Gasteiger partial charge on any atom is -0.494 e. The van der Waals surface area contributed by atoms with Crippen molar-refractivity contribution in [1.29, 1.82) is 0 Å². The van der Waals surface area contributed by atoms with Gasteiger partial charge in [-0.3, -0.25) is 0 Å². The zero-order chi connectivity index (χ0) is 22.0. The van der Waals surface area contributed by atoms with Crippen LogP contribution in [0.2, 0.25) is 0 Å². The Morgan fingerprint density at radius 3 is 2.65 bits per heavy atom. The van der Waals surface area contributed by atoms with Gasteiger partial charge in [-0.05, 0) is 42.8 Å². The molecule has 2 aromatic carbocycles. The SMILES string of the molecule is CCn1c(SCc2ccc(OC)c(F)c2)nc2cc(S(=O)(=O)N3CCOCC3)ccc21. The summed E-state index contributed by atoms with van der Waals surface area (Å²) in [7, 11) is -2.15. The molecule has 0 atom stereocenters. The van der Waals surface area contributed by atoms with Crippen molar-refractivity contribution in [2.75, 3.05) is 33.4 Å². The van der Waals surface area contributed by atoms with Crippen LogP contribution in [-0.2, 0) is 27.1 Å². The van der Waals surface area contributed by atoms with Crippen LogP contribution >= 0.6 is 11.8 Å². The molecule has 0 radical (unpaired) electrons. The maximum atomic E-state index is 14.0. The molecule has 0 unspecified atom stereocenters. The second-order valence-electron chi connectivity index (χ2n) is 7.06. The molecule has 0 N–H and O–H groups in total. The third kappa shape index (κ3) is 4.43. The minimum absolute atomic E-state index is 0.212. The lowest BCUT2D eigenvalue weighted by Gasteiger charge is -2.26. The van der Waals surface area contributed by atoms with E-state index in [4.69, 9.17) is 9.47 Å². The van der Waals surface area contributed by atoms with Gasteiger partial charge in [0.25, 0.3) is 0 Å². The van der Waals surface area contributed by atoms with Crippen molar-refractivity contribution in [3.63, 3.8) is 0 Å². The summed E-state index contributed by atoms with van der Waals surface area (Å²) in [4.78, 5) is 4.91. The summed E-state index contributed by atoms with van der Waals surface area (Å²) in [5, 5.41) is 0.759. The lowest BCUT2D eigenvalue weighted by Crippen LogP contribution is -2.40. The number of benzene rings is 2. The fourth-order valence-electron chi connectivity index (χ4n) is 3.55. The molecule has 10 heteroatoms. The van der Waals surface area contributed by atoms with E-state index in [9.17, 15) is 12.8 Å². The van der Waals surface area contributed by atoms with Gasteiger partial charge in [0, 0.05) is 25.4 Å². The van der Waals surface area contributed by atoms with Crippen LogP contribution in [0.25, 0.3) is 11.0 Å². The molecule has 2 heterocycles. The van der Waals surface area contributed by atoms with Gasteiger partial charge in [0.15, 0.2) is 16.7 Å². The molecular formula is C21H24FN3O4S2. The van der Waals surface area contributed by atoms with Gasteiger partial charge < -0.3 is 14.0 Å². The first kappa shape index (κ1) is 22.1. The number of hydrogen-bond acceptors (Lipinski definition) is 6. The average molecular weight is 466 g/mol. The van der Waals surface area contributed by atoms with E-state index >= 15 is 0 Å². The Balaban J connectivity index is 1.60. The Morgan fingerprint density at radius 1 is 1.19 bits per heavy atom. The molecule has 1 fully saturated rings. The maximum absolute atomic E-state index is 14.0. The number of aromatic nitrogens is 2. The molecule has 1 saturated heterocycles. The molecule has 166 valence electrons. The average Bonchev–Trinajstić information content (AvgIpc) is 3.15. The zero-order valence-corrected chi connectivity index (χ0v) is 19.0. The number of imidazole rings is 1. The second kappa shape index (κ2) is 9.15. The molecular weight excluding hydrogens is 441 g/mol. The molecule has 1 aromatic heterocycles. The monoisotopic (exact) mass is 465 g/mol. The summed E-state index contributed by atoms with van der Waals surface area (Å²) in [5.41, 5.74) is 2.31. The molecule has 31 heavy (non-hydrogen) atoms. The number of thioether (sulfide) groups is 1. The van der Waals surface area contributed by atoms with Gasteiger partial charge in [-0.25, -0.2) is 17.8 Å². The first-order valence-electron chi connectivity index (χ1n) is 9.97. The highest BCUT2D eigenvalue weighted by atomic mass is 32.2. The van der Waals surface area contributed by atoms with E-state index in [1.54, 1.807) is 24.3 Å². The number of sulfonamides is 1. The van der Waals surface area contributed by atoms with Crippen molar-refractivity contribution < 1.29 is 22.3 Å². The lowest BCUT2D eigenvalue weighted by molar-refractivity contribution is 0.0730. The predicted molar refractivity (Wildman–Crippen MR) is 117 cm³/mol. The maximum Gasteiger partial charge on any atom is 0.243 e. The fourth-order valence-corrected chi connectivity index (χ4v) is 6.00. The Bertz CT molecular complexity index is 1190. The fraction of sp³-hybridized carbons (Fsp3) is 0.381. The number of aryl methyl sites for hydroxylation is 1. The first-order chi connectivity index (χ1) is 14.9. The molecule has 0 amide bonds. The van der Waals surface area contributed by atoms with Gasteiger partial charge >= 0.3 is 0 Å². The Kier molecular flexibility index (Phi) is 6.52. The molecule has 7 nitrogen and oxygen atoms in total. The van der Waals surface area contributed by atoms with Crippen LogP contribution in [0, 0.1) is 5.82 Å². The van der Waals surface area contributed by atoms with E-state index in [0.29, 0.717) is 44.1 Å². The van der Waals surface area contributed by atoms with Crippen LogP contribution in [0.15, 0.2) is 46.5 Å². The smallest absolute Gasteiger partial charge is 0.243 e. The summed E-state index contributed by atoms with van der Waals surface area (Å²) < 4.78 is 53.6. The lowest BCUT2D eigenvalue weighted by atomic mass is 10.2. The zero-order valence-electron chi connectivity index (χ0n) is 17.4. The molecule has 1 aliphatic heterocycles. The van der Waals surface area contributed by atoms with Crippen molar-refractivity contribution >= 4 is 32.8 Å². The molecule has 3 aromatic rings. The number of halogens is 1. The van der Waals surface area contributed by atoms with Gasteiger partial charge in [-0.2, -0.15) is 4.31 Å². The van der Waals surface area contributed by atoms with Crippen LogP contribution in [0.5, 0.6) is 5.75 Å². The largest absolute Gasteiger partial charge is 0.494 e. The number of morpholine rings is 1. The molecule has 0 spiro atoms. The van der Waals surface area contributed by atoms with Crippen LogP contribution in [-0.4, -0.2) is 55.7 Å². The van der Waals surface area contributed by atoms with Crippen molar-refractivity contribution in [1.82, 2.24) is 13.9 Å². The Morgan fingerprint density at radius 2 is 1.97 bits per heavy atom. The summed E-state index contributed by atoms with van der Waals surface area (Å²) in [5.74, 6) is 0.342. The molecule has 4 rings (SSSR count). The van der Waals surface area contributed by atoms with Crippen LogP contribution in [0.1, 0.15) is 12.5 Å². The highest BCUT2D eigenvalue weighted by Gasteiger charge is 2.27. The predicted octanol–water partition coefficient (Wildman–Crippen LogP) is 3.52. The van der Waals surface area contributed by atoms with Crippen molar-refractivity contribution in [3.8, 4) is 5.75 Å². The van der Waals surface area contributed by atoms with Crippen LogP contribution in [0.3, 0.4) is 0 Å². The number of fused-ring (bicyclic) bond motifs is 1. The number of rotatable bonds is 7. The number of nitrogens with zero attached hydrogens (tertiary/aromatic N) is 3. The number of ether oxygens (including phenoxy) is 2. The topological polar surface area (TPSA) is 73.7 Å². The molecule has 1 aliphatic rings. The quantitative estimate of drug-likeness (QED) is 0.497. The summed E-state index contributed by atoms with van der Waals surface area (Å²) >= 11 is 1.48. The van der Waals surface area contributed by atoms with Crippen molar-refractivity contribution in [2.45, 2.75) is 29.3 Å². The van der Waals surface area contributed by atoms with E-state index in [1.165, 1.54) is 29.2 Å². The highest BCUT2D eigenvalue weighted by Crippen LogP contribution is 2.30. The van der Waals surface area contributed by atoms with Crippen molar-refractivity contribution in [3.05, 3.63) is 47.8 Å². The van der Waals surface area contributed by atoms with E-state index in [2.05, 4.69) is 4.98 Å². The van der Waals surface area contributed by atoms with Crippen LogP contribution in [0.4, 0.5) is 4.39 Å². The van der Waals surface area contributed by atoms with Gasteiger partial charge in [-0.15, -0.1) is 0 Å². The highest BCUT2D eigenvalue weighted by molar-refractivity contribution is 7.98. The van der Waals surface area contributed by atoms with E-state index in [1.807, 2.05) is 17.6 Å². The Labute approximate surface area is 185 Å². The van der Waals surface area contributed by atoms with Gasteiger partial charge in [-0.1, -0.05) is 17.8 Å². The third-order valence-corrected chi connectivity index (χ3v) is 8.14. The molecule has 0 bridgehead atoms. The number of hydrogen-bond donors (Lipinski definition) is 0. The van der Waals surface area contributed by atoms with Gasteiger partial charge in [0.1, 0.15) is 0 Å². The molecule has 0 aliphatic carbocycles. The van der Waals surface area contributed by atoms with E-state index in [0.717, 1.165) is 16.2 Å².